The van der Waals surface area contributed by atoms with E-state index in [1.54, 1.807) is 43.4 Å². The molecule has 0 saturated carbocycles. The average molecular weight is 207 g/mol. The van der Waals surface area contributed by atoms with Crippen LogP contribution >= 0.6 is 0 Å². The van der Waals surface area contributed by atoms with Gasteiger partial charge in [-0.3, -0.25) is 5.01 Å². The maximum absolute atomic E-state index is 10.6. The number of hydrogen-bond acceptors (Lipinski definition) is 3. The second-order valence-corrected chi connectivity index (χ2v) is 3.08. The highest BCUT2D eigenvalue weighted by Crippen LogP contribution is 2.18. The largest absolute Gasteiger partial charge is 0.351 e. The molecule has 0 radical (unpaired) electrons. The highest BCUT2D eigenvalue weighted by Gasteiger charge is 1.96. The molecule has 15 heavy (non-hydrogen) atoms. The lowest BCUT2D eigenvalue weighted by Crippen LogP contribution is -2.19. The molecule has 0 atom stereocenters. The fraction of sp³-hybridized carbons (Fsp3) is 0.222. The third-order valence-corrected chi connectivity index (χ3v) is 1.45. The number of carbonyl (C=O) groups is 1. The summed E-state index contributed by atoms with van der Waals surface area (Å²) in [6.07, 6.45) is 0. The van der Waals surface area contributed by atoms with Crippen molar-refractivity contribution < 1.29 is 4.79 Å². The standard InChI is InChI=1S/C9H13N5O/c1-14(2)13-12-8-5-3-4-7(6-8)11-9(10)15/h3-6H,1-2H3,(H3,10,11,15). The summed E-state index contributed by atoms with van der Waals surface area (Å²) in [5.74, 6) is 0. The summed E-state index contributed by atoms with van der Waals surface area (Å²) in [6.45, 7) is 0. The van der Waals surface area contributed by atoms with E-state index in [9.17, 15) is 4.79 Å². The summed E-state index contributed by atoms with van der Waals surface area (Å²) in [6, 6.07) is 6.34. The first kappa shape index (κ1) is 11.0. The zero-order valence-electron chi connectivity index (χ0n) is 8.64. The minimum absolute atomic E-state index is 0.595. The van der Waals surface area contributed by atoms with Gasteiger partial charge in [0, 0.05) is 19.8 Å². The van der Waals surface area contributed by atoms with Crippen LogP contribution in [0.3, 0.4) is 0 Å². The molecule has 0 unspecified atom stereocenters. The van der Waals surface area contributed by atoms with Crippen LogP contribution in [-0.2, 0) is 0 Å². The van der Waals surface area contributed by atoms with Gasteiger partial charge >= 0.3 is 6.03 Å². The molecule has 1 rings (SSSR count). The number of anilines is 1. The van der Waals surface area contributed by atoms with Crippen molar-refractivity contribution in [2.45, 2.75) is 0 Å². The van der Waals surface area contributed by atoms with E-state index in [4.69, 9.17) is 5.73 Å². The number of benzene rings is 1. The zero-order chi connectivity index (χ0) is 11.3. The van der Waals surface area contributed by atoms with Gasteiger partial charge in [-0.1, -0.05) is 11.3 Å². The Hall–Kier alpha value is -2.11. The third-order valence-electron chi connectivity index (χ3n) is 1.45. The molecule has 0 saturated heterocycles. The van der Waals surface area contributed by atoms with Gasteiger partial charge in [-0.25, -0.2) is 4.79 Å². The van der Waals surface area contributed by atoms with E-state index < -0.39 is 6.03 Å². The van der Waals surface area contributed by atoms with Crippen LogP contribution in [0.1, 0.15) is 0 Å². The first-order valence-corrected chi connectivity index (χ1v) is 4.33. The molecule has 80 valence electrons. The van der Waals surface area contributed by atoms with Gasteiger partial charge in [-0.15, -0.1) is 5.11 Å². The second-order valence-electron chi connectivity index (χ2n) is 3.08. The molecule has 0 aliphatic carbocycles. The average Bonchev–Trinajstić information content (AvgIpc) is 2.14. The Morgan fingerprint density at radius 2 is 2.20 bits per heavy atom. The van der Waals surface area contributed by atoms with Gasteiger partial charge in [0.15, 0.2) is 0 Å². The predicted octanol–water partition coefficient (Wildman–Crippen LogP) is 1.74. The van der Waals surface area contributed by atoms with Crippen molar-refractivity contribution in [2.75, 3.05) is 19.4 Å². The molecule has 0 heterocycles. The summed E-state index contributed by atoms with van der Waals surface area (Å²) in [5.41, 5.74) is 6.23. The van der Waals surface area contributed by atoms with Crippen LogP contribution < -0.4 is 11.1 Å². The fourth-order valence-corrected chi connectivity index (χ4v) is 0.929. The lowest BCUT2D eigenvalue weighted by atomic mass is 10.3. The lowest BCUT2D eigenvalue weighted by molar-refractivity contribution is 0.259. The topological polar surface area (TPSA) is 83.1 Å². The summed E-state index contributed by atoms with van der Waals surface area (Å²) in [4.78, 5) is 10.6. The minimum atomic E-state index is -0.600. The van der Waals surface area contributed by atoms with E-state index >= 15 is 0 Å². The van der Waals surface area contributed by atoms with E-state index in [1.165, 1.54) is 0 Å². The molecule has 2 amide bonds. The van der Waals surface area contributed by atoms with E-state index in [0.29, 0.717) is 11.4 Å². The van der Waals surface area contributed by atoms with Crippen LogP contribution in [0.2, 0.25) is 0 Å². The highest BCUT2D eigenvalue weighted by atomic mass is 16.2. The number of nitrogens with two attached hydrogens (primary N) is 1. The van der Waals surface area contributed by atoms with Crippen LogP contribution in [0.5, 0.6) is 0 Å². The predicted molar refractivity (Wildman–Crippen MR) is 57.9 cm³/mol. The maximum Gasteiger partial charge on any atom is 0.316 e. The van der Waals surface area contributed by atoms with Crippen molar-refractivity contribution in [3.8, 4) is 0 Å². The number of urea groups is 1. The van der Waals surface area contributed by atoms with Crippen LogP contribution in [0.25, 0.3) is 0 Å². The molecule has 6 heteroatoms. The van der Waals surface area contributed by atoms with Crippen molar-refractivity contribution in [1.29, 1.82) is 0 Å². The number of hydrogen-bond donors (Lipinski definition) is 2. The summed E-state index contributed by atoms with van der Waals surface area (Å²) < 4.78 is 0. The Morgan fingerprint density at radius 1 is 1.47 bits per heavy atom. The van der Waals surface area contributed by atoms with Crippen LogP contribution in [-0.4, -0.2) is 25.1 Å². The number of primary amides is 1. The van der Waals surface area contributed by atoms with Gasteiger partial charge in [0.2, 0.25) is 0 Å². The molecule has 1 aromatic rings. The molecule has 6 nitrogen and oxygen atoms in total. The summed E-state index contributed by atoms with van der Waals surface area (Å²) in [7, 11) is 3.55. The number of rotatable bonds is 3. The van der Waals surface area contributed by atoms with E-state index in [1.807, 2.05) is 0 Å². The Balaban J connectivity index is 2.78. The van der Waals surface area contributed by atoms with Crippen LogP contribution in [0.15, 0.2) is 34.6 Å². The number of nitrogens with one attached hydrogen (secondary N) is 1. The quantitative estimate of drug-likeness (QED) is 0.584. The van der Waals surface area contributed by atoms with Crippen molar-refractivity contribution in [2.24, 2.45) is 16.1 Å². The number of amides is 2. The molecule has 1 aromatic carbocycles. The van der Waals surface area contributed by atoms with Gasteiger partial charge < -0.3 is 11.1 Å². The smallest absolute Gasteiger partial charge is 0.316 e. The first-order chi connectivity index (χ1) is 7.08. The zero-order valence-corrected chi connectivity index (χ0v) is 8.64. The van der Waals surface area contributed by atoms with Crippen LogP contribution in [0.4, 0.5) is 16.2 Å². The SMILES string of the molecule is CN(C)N=Nc1cccc(NC(N)=O)c1. The van der Waals surface area contributed by atoms with E-state index in [2.05, 4.69) is 15.7 Å². The van der Waals surface area contributed by atoms with E-state index in [-0.39, 0.29) is 0 Å². The first-order valence-electron chi connectivity index (χ1n) is 4.33. The summed E-state index contributed by atoms with van der Waals surface area (Å²) in [5, 5.41) is 11.8. The molecular weight excluding hydrogens is 194 g/mol. The van der Waals surface area contributed by atoms with Crippen molar-refractivity contribution in [3.05, 3.63) is 24.3 Å². The van der Waals surface area contributed by atoms with Crippen LogP contribution in [0, 0.1) is 0 Å². The van der Waals surface area contributed by atoms with Crippen molar-refractivity contribution >= 4 is 17.4 Å². The molecule has 0 bridgehead atoms. The van der Waals surface area contributed by atoms with Crippen molar-refractivity contribution in [1.82, 2.24) is 5.01 Å². The monoisotopic (exact) mass is 207 g/mol. The Labute approximate surface area is 87.8 Å². The Morgan fingerprint density at radius 3 is 2.80 bits per heavy atom. The Kier molecular flexibility index (Phi) is 3.61. The number of nitrogens with zero attached hydrogens (tertiary/aromatic N) is 3. The third kappa shape index (κ3) is 4.08. The molecule has 0 aliphatic heterocycles. The van der Waals surface area contributed by atoms with Crippen molar-refractivity contribution in [3.63, 3.8) is 0 Å². The van der Waals surface area contributed by atoms with Gasteiger partial charge in [-0.2, -0.15) is 0 Å². The van der Waals surface area contributed by atoms with Gasteiger partial charge in [-0.05, 0) is 18.2 Å². The molecule has 0 spiro atoms. The maximum atomic E-state index is 10.6. The van der Waals surface area contributed by atoms with Gasteiger partial charge in [0.1, 0.15) is 0 Å². The Bertz CT molecular complexity index is 375. The normalized spacial score (nSPS) is 10.3. The molecule has 0 fully saturated rings. The second kappa shape index (κ2) is 4.94. The van der Waals surface area contributed by atoms with Gasteiger partial charge in [0.05, 0.1) is 5.69 Å². The lowest BCUT2D eigenvalue weighted by Gasteiger charge is -2.03. The fourth-order valence-electron chi connectivity index (χ4n) is 0.929. The number of carbonyl (C=O) groups excluding carboxylic acids is 1. The molecule has 0 aromatic heterocycles. The molecular formula is C9H13N5O. The minimum Gasteiger partial charge on any atom is -0.351 e. The highest BCUT2D eigenvalue weighted by molar-refractivity contribution is 5.88. The molecule has 0 aliphatic rings. The van der Waals surface area contributed by atoms with E-state index in [0.717, 1.165) is 0 Å². The van der Waals surface area contributed by atoms with Gasteiger partial charge in [0.25, 0.3) is 0 Å². The molecule has 3 N–H and O–H groups in total. The summed E-state index contributed by atoms with van der Waals surface area (Å²) >= 11 is 0.